The predicted octanol–water partition coefficient (Wildman–Crippen LogP) is 5.75. The number of carbonyl (C=O) groups is 1. The Morgan fingerprint density at radius 1 is 1.05 bits per heavy atom. The zero-order valence-corrected chi connectivity index (χ0v) is 23.3. The molecule has 2 aliphatic rings. The summed E-state index contributed by atoms with van der Waals surface area (Å²) in [4.78, 5) is 22.2. The van der Waals surface area contributed by atoms with Crippen molar-refractivity contribution in [3.05, 3.63) is 71.6 Å². The van der Waals surface area contributed by atoms with Crippen molar-refractivity contribution in [3.8, 4) is 11.1 Å². The minimum atomic E-state index is -0.906. The monoisotopic (exact) mass is 560 g/mol. The Balaban J connectivity index is 1.22. The molecule has 10 heteroatoms. The fraction of sp³-hybridized carbons (Fsp3) is 0.387. The summed E-state index contributed by atoms with van der Waals surface area (Å²) in [5.74, 6) is -1.40. The molecular formula is C31H34F2N6O2. The van der Waals surface area contributed by atoms with Gasteiger partial charge in [-0.15, -0.1) is 0 Å². The summed E-state index contributed by atoms with van der Waals surface area (Å²) >= 11 is 0. The third kappa shape index (κ3) is 5.94. The van der Waals surface area contributed by atoms with Crippen molar-refractivity contribution < 1.29 is 18.3 Å². The lowest BCUT2D eigenvalue weighted by Crippen LogP contribution is -2.45. The van der Waals surface area contributed by atoms with Gasteiger partial charge in [-0.3, -0.25) is 14.8 Å². The summed E-state index contributed by atoms with van der Waals surface area (Å²) in [5.41, 5.74) is 2.67. The third-order valence-electron chi connectivity index (χ3n) is 7.78. The van der Waals surface area contributed by atoms with Gasteiger partial charge in [-0.25, -0.2) is 13.8 Å². The number of ether oxygens (including phenoxy) is 1. The standard InChI is InChI=1S/C31H34F2N6O2/c1-19-16-39(17-20(2)41-19)28-9-7-23(15-34-28)35-31(40)30-25-14-22(6-8-27(25)36-37-30)24-12-21(13-26(32)29(24)33)18-38-10-4-3-5-11-38/h6-9,12-15,19-20H,3-5,10-11,16-18H2,1-2H3,(H,35,40)(H,36,37). The second kappa shape index (κ2) is 11.5. The highest BCUT2D eigenvalue weighted by Crippen LogP contribution is 2.31. The van der Waals surface area contributed by atoms with Crippen molar-refractivity contribution in [3.63, 3.8) is 0 Å². The zero-order chi connectivity index (χ0) is 28.5. The van der Waals surface area contributed by atoms with Crippen LogP contribution in [0.5, 0.6) is 0 Å². The van der Waals surface area contributed by atoms with E-state index in [1.807, 2.05) is 19.9 Å². The van der Waals surface area contributed by atoms with Crippen LogP contribution in [0.15, 0.2) is 48.7 Å². The van der Waals surface area contributed by atoms with Gasteiger partial charge in [-0.1, -0.05) is 12.5 Å². The number of fused-ring (bicyclic) bond motifs is 1. The topological polar surface area (TPSA) is 86.4 Å². The molecule has 2 saturated heterocycles. The molecule has 2 unspecified atom stereocenters. The van der Waals surface area contributed by atoms with Gasteiger partial charge >= 0.3 is 0 Å². The Hall–Kier alpha value is -3.89. The number of morpholine rings is 1. The number of carbonyl (C=O) groups excluding carboxylic acids is 1. The predicted molar refractivity (Wildman–Crippen MR) is 155 cm³/mol. The van der Waals surface area contributed by atoms with E-state index in [-0.39, 0.29) is 23.5 Å². The molecule has 0 radical (unpaired) electrons. The van der Waals surface area contributed by atoms with Crippen molar-refractivity contribution >= 4 is 28.3 Å². The molecule has 2 atom stereocenters. The molecule has 2 aromatic carbocycles. The number of benzene rings is 2. The lowest BCUT2D eigenvalue weighted by atomic mass is 9.99. The number of likely N-dealkylation sites (tertiary alicyclic amines) is 1. The van der Waals surface area contributed by atoms with Crippen LogP contribution in [0.1, 0.15) is 49.2 Å². The Morgan fingerprint density at radius 3 is 2.56 bits per heavy atom. The van der Waals surface area contributed by atoms with E-state index in [1.165, 1.54) is 12.5 Å². The van der Waals surface area contributed by atoms with Gasteiger partial charge in [0.1, 0.15) is 5.82 Å². The fourth-order valence-electron chi connectivity index (χ4n) is 5.88. The second-order valence-electron chi connectivity index (χ2n) is 11.1. The SMILES string of the molecule is CC1CN(c2ccc(NC(=O)c3n[nH]c4ccc(-c5cc(CN6CCCCC6)cc(F)c5F)cc34)cn2)CC(C)O1. The van der Waals surface area contributed by atoms with E-state index in [0.29, 0.717) is 28.7 Å². The van der Waals surface area contributed by atoms with Crippen LogP contribution in [-0.2, 0) is 11.3 Å². The fourth-order valence-corrected chi connectivity index (χ4v) is 5.88. The number of H-pyrrole nitrogens is 1. The minimum Gasteiger partial charge on any atom is -0.372 e. The van der Waals surface area contributed by atoms with Gasteiger partial charge in [0.25, 0.3) is 5.91 Å². The van der Waals surface area contributed by atoms with E-state index in [9.17, 15) is 9.18 Å². The summed E-state index contributed by atoms with van der Waals surface area (Å²) in [6.07, 6.45) is 5.27. The molecule has 8 nitrogen and oxygen atoms in total. The number of aromatic amines is 1. The van der Waals surface area contributed by atoms with Gasteiger partial charge in [0.2, 0.25) is 0 Å². The average Bonchev–Trinajstić information content (AvgIpc) is 3.39. The van der Waals surface area contributed by atoms with Gasteiger partial charge in [0, 0.05) is 30.6 Å². The van der Waals surface area contributed by atoms with E-state index in [0.717, 1.165) is 50.4 Å². The normalized spacial score (nSPS) is 20.0. The molecule has 2 aromatic heterocycles. The lowest BCUT2D eigenvalue weighted by molar-refractivity contribution is -0.00545. The second-order valence-corrected chi connectivity index (χ2v) is 11.1. The van der Waals surface area contributed by atoms with Crippen molar-refractivity contribution in [1.82, 2.24) is 20.1 Å². The lowest BCUT2D eigenvalue weighted by Gasteiger charge is -2.36. The number of rotatable bonds is 6. The van der Waals surface area contributed by atoms with Gasteiger partial charge in [0.05, 0.1) is 29.6 Å². The molecule has 2 fully saturated rings. The molecule has 6 rings (SSSR count). The Morgan fingerprint density at radius 2 is 1.83 bits per heavy atom. The van der Waals surface area contributed by atoms with Crippen LogP contribution in [0.2, 0.25) is 0 Å². The highest BCUT2D eigenvalue weighted by atomic mass is 19.2. The quantitative estimate of drug-likeness (QED) is 0.312. The third-order valence-corrected chi connectivity index (χ3v) is 7.78. The number of pyridine rings is 1. The van der Waals surface area contributed by atoms with E-state index in [1.54, 1.807) is 36.5 Å². The molecular weight excluding hydrogens is 526 g/mol. The molecule has 0 aliphatic carbocycles. The van der Waals surface area contributed by atoms with E-state index in [4.69, 9.17) is 4.74 Å². The van der Waals surface area contributed by atoms with Crippen LogP contribution in [0, 0.1) is 11.6 Å². The minimum absolute atomic E-state index is 0.111. The number of piperidine rings is 1. The number of aromatic nitrogens is 3. The van der Waals surface area contributed by atoms with Crippen LogP contribution in [0.3, 0.4) is 0 Å². The highest BCUT2D eigenvalue weighted by molar-refractivity contribution is 6.11. The molecule has 4 heterocycles. The van der Waals surface area contributed by atoms with E-state index >= 15 is 4.39 Å². The zero-order valence-electron chi connectivity index (χ0n) is 23.3. The molecule has 0 saturated carbocycles. The number of hydrogen-bond donors (Lipinski definition) is 2. The summed E-state index contributed by atoms with van der Waals surface area (Å²) < 4.78 is 35.5. The van der Waals surface area contributed by atoms with Crippen LogP contribution in [0.25, 0.3) is 22.0 Å². The maximum Gasteiger partial charge on any atom is 0.276 e. The van der Waals surface area contributed by atoms with Crippen LogP contribution in [-0.4, -0.2) is 64.4 Å². The molecule has 0 bridgehead atoms. The van der Waals surface area contributed by atoms with Crippen molar-refractivity contribution in [2.24, 2.45) is 0 Å². The van der Waals surface area contributed by atoms with Gasteiger partial charge in [-0.2, -0.15) is 5.10 Å². The molecule has 1 amide bonds. The average molecular weight is 561 g/mol. The van der Waals surface area contributed by atoms with Crippen molar-refractivity contribution in [1.29, 1.82) is 0 Å². The first kappa shape index (κ1) is 27.3. The maximum atomic E-state index is 15.0. The number of halogens is 2. The number of amides is 1. The number of anilines is 2. The van der Waals surface area contributed by atoms with Gasteiger partial charge in [-0.05, 0) is 87.3 Å². The molecule has 0 spiro atoms. The summed E-state index contributed by atoms with van der Waals surface area (Å²) in [5, 5.41) is 10.4. The van der Waals surface area contributed by atoms with E-state index < -0.39 is 17.5 Å². The molecule has 41 heavy (non-hydrogen) atoms. The highest BCUT2D eigenvalue weighted by Gasteiger charge is 2.23. The van der Waals surface area contributed by atoms with Crippen LogP contribution >= 0.6 is 0 Å². The summed E-state index contributed by atoms with van der Waals surface area (Å²) in [6, 6.07) is 11.8. The molecule has 2 aliphatic heterocycles. The molecule has 214 valence electrons. The van der Waals surface area contributed by atoms with Crippen molar-refractivity contribution in [2.45, 2.75) is 51.9 Å². The van der Waals surface area contributed by atoms with Gasteiger partial charge < -0.3 is 15.0 Å². The van der Waals surface area contributed by atoms with Crippen LogP contribution in [0.4, 0.5) is 20.3 Å². The first-order chi connectivity index (χ1) is 19.8. The molecule has 2 N–H and O–H groups in total. The van der Waals surface area contributed by atoms with Crippen LogP contribution < -0.4 is 10.2 Å². The van der Waals surface area contributed by atoms with E-state index in [2.05, 4.69) is 30.3 Å². The largest absolute Gasteiger partial charge is 0.372 e. The number of nitrogens with zero attached hydrogens (tertiary/aromatic N) is 4. The summed E-state index contributed by atoms with van der Waals surface area (Å²) in [6.45, 7) is 8.05. The smallest absolute Gasteiger partial charge is 0.276 e. The number of hydrogen-bond acceptors (Lipinski definition) is 6. The Bertz CT molecular complexity index is 1540. The van der Waals surface area contributed by atoms with Gasteiger partial charge in [0.15, 0.2) is 17.3 Å². The first-order valence-electron chi connectivity index (χ1n) is 14.2. The Kier molecular flexibility index (Phi) is 7.68. The first-order valence-corrected chi connectivity index (χ1v) is 14.2. The summed E-state index contributed by atoms with van der Waals surface area (Å²) in [7, 11) is 0. The Labute approximate surface area is 237 Å². The van der Waals surface area contributed by atoms with Crippen molar-refractivity contribution in [2.75, 3.05) is 36.4 Å². The maximum absolute atomic E-state index is 15.0. The molecule has 4 aromatic rings. The number of nitrogens with one attached hydrogen (secondary N) is 2.